The lowest BCUT2D eigenvalue weighted by molar-refractivity contribution is 0.207. The number of aryl methyl sites for hydroxylation is 1. The Balaban J connectivity index is 1.72. The summed E-state index contributed by atoms with van der Waals surface area (Å²) in [6, 6.07) is 0.0874. The predicted molar refractivity (Wildman–Crippen MR) is 79.6 cm³/mol. The number of aromatic nitrogens is 2. The van der Waals surface area contributed by atoms with E-state index in [1.165, 1.54) is 5.57 Å². The fraction of sp³-hybridized carbons (Fsp3) is 0.571. The topological polar surface area (TPSA) is 62.2 Å². The number of carbonyl (C=O) groups is 1. The zero-order chi connectivity index (χ0) is 14.5. The second-order valence-corrected chi connectivity index (χ2v) is 5.51. The number of hydrogen-bond acceptors (Lipinski definition) is 3. The smallest absolute Gasteiger partial charge is 0.319 e. The molecule has 0 aliphatic carbocycles. The van der Waals surface area contributed by atoms with Crippen LogP contribution >= 0.6 is 0 Å². The zero-order valence-corrected chi connectivity index (χ0v) is 12.2. The number of likely N-dealkylation sites (tertiary alicyclic amines) is 1. The lowest BCUT2D eigenvalue weighted by Crippen LogP contribution is -2.46. The Hall–Kier alpha value is -1.82. The molecule has 1 aliphatic rings. The van der Waals surface area contributed by atoms with Gasteiger partial charge in [0.2, 0.25) is 0 Å². The standard InChI is InChI=1S/C14H23N5O/c1-11(2)9-19-6-4-12(5-7-19)16-14(20)17-13-8-15-18(3)10-13/h8,10,12H,1,4-7,9H2,2-3H3,(H2,16,17,20). The minimum Gasteiger partial charge on any atom is -0.335 e. The van der Waals surface area contributed by atoms with Crippen molar-refractivity contribution in [2.24, 2.45) is 7.05 Å². The summed E-state index contributed by atoms with van der Waals surface area (Å²) < 4.78 is 1.66. The Morgan fingerprint density at radius 1 is 1.50 bits per heavy atom. The Bertz CT molecular complexity index is 474. The van der Waals surface area contributed by atoms with Crippen LogP contribution in [-0.4, -0.2) is 46.4 Å². The van der Waals surface area contributed by atoms with Gasteiger partial charge in [0, 0.05) is 38.9 Å². The van der Waals surface area contributed by atoms with Gasteiger partial charge in [-0.05, 0) is 19.8 Å². The Morgan fingerprint density at radius 3 is 2.75 bits per heavy atom. The monoisotopic (exact) mass is 277 g/mol. The molecule has 0 radical (unpaired) electrons. The van der Waals surface area contributed by atoms with Gasteiger partial charge in [-0.15, -0.1) is 0 Å². The Labute approximate surface area is 119 Å². The van der Waals surface area contributed by atoms with E-state index in [2.05, 4.69) is 27.2 Å². The number of amides is 2. The molecule has 110 valence electrons. The van der Waals surface area contributed by atoms with Gasteiger partial charge in [0.05, 0.1) is 11.9 Å². The van der Waals surface area contributed by atoms with Gasteiger partial charge < -0.3 is 10.6 Å². The first-order valence-electron chi connectivity index (χ1n) is 6.96. The SMILES string of the molecule is C=C(C)CN1CCC(NC(=O)Nc2cnn(C)c2)CC1. The number of rotatable bonds is 4. The molecule has 6 heteroatoms. The van der Waals surface area contributed by atoms with E-state index >= 15 is 0 Å². The third kappa shape index (κ3) is 4.38. The molecular weight excluding hydrogens is 254 g/mol. The summed E-state index contributed by atoms with van der Waals surface area (Å²) in [5, 5.41) is 9.82. The normalized spacial score (nSPS) is 16.9. The van der Waals surface area contributed by atoms with Gasteiger partial charge >= 0.3 is 6.03 Å². The van der Waals surface area contributed by atoms with Crippen LogP contribution in [-0.2, 0) is 7.05 Å². The molecule has 0 atom stereocenters. The summed E-state index contributed by atoms with van der Waals surface area (Å²) in [4.78, 5) is 14.2. The molecule has 1 aliphatic heterocycles. The highest BCUT2D eigenvalue weighted by atomic mass is 16.2. The van der Waals surface area contributed by atoms with Crippen molar-refractivity contribution in [3.8, 4) is 0 Å². The van der Waals surface area contributed by atoms with Gasteiger partial charge in [-0.1, -0.05) is 12.2 Å². The third-order valence-electron chi connectivity index (χ3n) is 3.38. The first kappa shape index (κ1) is 14.6. The molecule has 1 aromatic heterocycles. The lowest BCUT2D eigenvalue weighted by Gasteiger charge is -2.32. The molecular formula is C14H23N5O. The second kappa shape index (κ2) is 6.56. The maximum Gasteiger partial charge on any atom is 0.319 e. The molecule has 6 nitrogen and oxygen atoms in total. The van der Waals surface area contributed by atoms with Crippen molar-refractivity contribution in [1.29, 1.82) is 0 Å². The van der Waals surface area contributed by atoms with Crippen LogP contribution in [0.5, 0.6) is 0 Å². The molecule has 2 N–H and O–H groups in total. The number of piperidine rings is 1. The number of nitrogens with one attached hydrogen (secondary N) is 2. The van der Waals surface area contributed by atoms with E-state index in [9.17, 15) is 4.79 Å². The van der Waals surface area contributed by atoms with Crippen molar-refractivity contribution in [3.63, 3.8) is 0 Å². The van der Waals surface area contributed by atoms with Crippen molar-refractivity contribution < 1.29 is 4.79 Å². The summed E-state index contributed by atoms with van der Waals surface area (Å²) in [6.45, 7) is 8.95. The van der Waals surface area contributed by atoms with Crippen molar-refractivity contribution in [2.75, 3.05) is 25.0 Å². The summed E-state index contributed by atoms with van der Waals surface area (Å²) in [7, 11) is 1.82. The maximum absolute atomic E-state index is 11.9. The average molecular weight is 277 g/mol. The quantitative estimate of drug-likeness (QED) is 0.821. The number of nitrogens with zero attached hydrogens (tertiary/aromatic N) is 3. The highest BCUT2D eigenvalue weighted by Gasteiger charge is 2.20. The van der Waals surface area contributed by atoms with Gasteiger partial charge in [-0.2, -0.15) is 5.10 Å². The van der Waals surface area contributed by atoms with E-state index in [1.807, 2.05) is 14.0 Å². The van der Waals surface area contributed by atoms with Crippen LogP contribution in [0.3, 0.4) is 0 Å². The number of hydrogen-bond donors (Lipinski definition) is 2. The maximum atomic E-state index is 11.9. The van der Waals surface area contributed by atoms with Gasteiger partial charge in [-0.3, -0.25) is 9.58 Å². The van der Waals surface area contributed by atoms with Gasteiger partial charge in [-0.25, -0.2) is 4.79 Å². The van der Waals surface area contributed by atoms with Crippen molar-refractivity contribution in [2.45, 2.75) is 25.8 Å². The van der Waals surface area contributed by atoms with Crippen molar-refractivity contribution >= 4 is 11.7 Å². The molecule has 2 heterocycles. The highest BCUT2D eigenvalue weighted by molar-refractivity contribution is 5.89. The van der Waals surface area contributed by atoms with E-state index in [0.717, 1.165) is 32.5 Å². The summed E-state index contributed by atoms with van der Waals surface area (Å²) in [5.74, 6) is 0. The van der Waals surface area contributed by atoms with Crippen LogP contribution < -0.4 is 10.6 Å². The lowest BCUT2D eigenvalue weighted by atomic mass is 10.0. The molecule has 2 amide bonds. The second-order valence-electron chi connectivity index (χ2n) is 5.51. The Morgan fingerprint density at radius 2 is 2.20 bits per heavy atom. The van der Waals surface area contributed by atoms with E-state index in [-0.39, 0.29) is 12.1 Å². The average Bonchev–Trinajstić information content (AvgIpc) is 2.76. The largest absolute Gasteiger partial charge is 0.335 e. The molecule has 20 heavy (non-hydrogen) atoms. The summed E-state index contributed by atoms with van der Waals surface area (Å²) in [5.41, 5.74) is 1.90. The van der Waals surface area contributed by atoms with Gasteiger partial charge in [0.15, 0.2) is 0 Å². The van der Waals surface area contributed by atoms with Crippen LogP contribution in [0.25, 0.3) is 0 Å². The fourth-order valence-corrected chi connectivity index (χ4v) is 2.46. The van der Waals surface area contributed by atoms with E-state index in [4.69, 9.17) is 0 Å². The highest BCUT2D eigenvalue weighted by Crippen LogP contribution is 2.12. The summed E-state index contributed by atoms with van der Waals surface area (Å²) in [6.07, 6.45) is 5.37. The molecule has 1 aromatic rings. The Kier molecular flexibility index (Phi) is 4.79. The first-order valence-corrected chi connectivity index (χ1v) is 6.96. The van der Waals surface area contributed by atoms with Crippen LogP contribution in [0.2, 0.25) is 0 Å². The molecule has 1 fully saturated rings. The molecule has 0 unspecified atom stereocenters. The number of urea groups is 1. The molecule has 0 bridgehead atoms. The van der Waals surface area contributed by atoms with E-state index in [0.29, 0.717) is 5.69 Å². The van der Waals surface area contributed by atoms with Gasteiger partial charge in [0.25, 0.3) is 0 Å². The minimum absolute atomic E-state index is 0.156. The van der Waals surface area contributed by atoms with Gasteiger partial charge in [0.1, 0.15) is 0 Å². The number of anilines is 1. The van der Waals surface area contributed by atoms with Crippen molar-refractivity contribution in [1.82, 2.24) is 20.0 Å². The van der Waals surface area contributed by atoms with Crippen LogP contribution in [0.15, 0.2) is 24.5 Å². The van der Waals surface area contributed by atoms with Crippen LogP contribution in [0.4, 0.5) is 10.5 Å². The molecule has 0 spiro atoms. The zero-order valence-electron chi connectivity index (χ0n) is 12.2. The molecule has 1 saturated heterocycles. The van der Waals surface area contributed by atoms with E-state index in [1.54, 1.807) is 17.1 Å². The van der Waals surface area contributed by atoms with E-state index < -0.39 is 0 Å². The first-order chi connectivity index (χ1) is 9.52. The fourth-order valence-electron chi connectivity index (χ4n) is 2.46. The number of carbonyl (C=O) groups excluding carboxylic acids is 1. The minimum atomic E-state index is -0.156. The third-order valence-corrected chi connectivity index (χ3v) is 3.38. The molecule has 0 saturated carbocycles. The van der Waals surface area contributed by atoms with Crippen LogP contribution in [0, 0.1) is 0 Å². The molecule has 0 aromatic carbocycles. The van der Waals surface area contributed by atoms with Crippen LogP contribution in [0.1, 0.15) is 19.8 Å². The molecule has 2 rings (SSSR count). The van der Waals surface area contributed by atoms with Crippen molar-refractivity contribution in [3.05, 3.63) is 24.5 Å². The predicted octanol–water partition coefficient (Wildman–Crippen LogP) is 1.58. The summed E-state index contributed by atoms with van der Waals surface area (Å²) >= 11 is 0.